The molecule has 1 saturated carbocycles. The van der Waals surface area contributed by atoms with E-state index in [1.54, 1.807) is 7.11 Å². The second-order valence-electron chi connectivity index (χ2n) is 8.12. The number of H-pyrrole nitrogens is 1. The van der Waals surface area contributed by atoms with Gasteiger partial charge in [-0.25, -0.2) is 0 Å². The molecule has 4 aromatic rings. The van der Waals surface area contributed by atoms with Crippen LogP contribution in [0, 0.1) is 19.8 Å². The van der Waals surface area contributed by atoms with Crippen molar-refractivity contribution in [2.75, 3.05) is 13.7 Å². The normalized spacial score (nSPS) is 16.4. The highest BCUT2D eigenvalue weighted by atomic mass is 16.5. The predicted octanol–water partition coefficient (Wildman–Crippen LogP) is 5.24. The van der Waals surface area contributed by atoms with Crippen LogP contribution in [0.4, 0.5) is 0 Å². The Kier molecular flexibility index (Phi) is 3.66. The highest BCUT2D eigenvalue weighted by Crippen LogP contribution is 2.43. The van der Waals surface area contributed by atoms with Crippen molar-refractivity contribution in [1.29, 1.82) is 0 Å². The Morgan fingerprint density at radius 1 is 1.17 bits per heavy atom. The number of aliphatic imine (C=N–C) groups is 1. The molecule has 6 heteroatoms. The molecule has 3 aromatic heterocycles. The van der Waals surface area contributed by atoms with Crippen LogP contribution >= 0.6 is 0 Å². The average Bonchev–Trinajstić information content (AvgIpc) is 3.21. The molecule has 1 aliphatic carbocycles. The highest BCUT2D eigenvalue weighted by molar-refractivity contribution is 6.30. The summed E-state index contributed by atoms with van der Waals surface area (Å²) in [7, 11) is 1.70. The van der Waals surface area contributed by atoms with Crippen LogP contribution in [-0.2, 0) is 0 Å². The number of allylic oxidation sites excluding steroid dienone is 1. The van der Waals surface area contributed by atoms with Crippen LogP contribution in [0.3, 0.4) is 0 Å². The van der Waals surface area contributed by atoms with Gasteiger partial charge in [-0.2, -0.15) is 0 Å². The van der Waals surface area contributed by atoms with Crippen molar-refractivity contribution in [1.82, 2.24) is 15.1 Å². The first-order valence-electron chi connectivity index (χ1n) is 10.3. The van der Waals surface area contributed by atoms with Gasteiger partial charge in [0.1, 0.15) is 11.5 Å². The lowest BCUT2D eigenvalue weighted by Crippen LogP contribution is -2.03. The third-order valence-electron chi connectivity index (χ3n) is 6.18. The fraction of sp³-hybridized carbons (Fsp3) is 0.292. The van der Waals surface area contributed by atoms with E-state index in [4.69, 9.17) is 19.2 Å². The minimum absolute atomic E-state index is 0.599. The highest BCUT2D eigenvalue weighted by Gasteiger charge is 2.33. The van der Waals surface area contributed by atoms with E-state index >= 15 is 0 Å². The van der Waals surface area contributed by atoms with Crippen LogP contribution in [0.5, 0.6) is 5.75 Å². The maximum absolute atomic E-state index is 5.80. The first-order valence-corrected chi connectivity index (χ1v) is 10.3. The molecule has 0 radical (unpaired) electrons. The summed E-state index contributed by atoms with van der Waals surface area (Å²) in [5.41, 5.74) is 8.34. The summed E-state index contributed by atoms with van der Waals surface area (Å²) >= 11 is 0. The molecule has 6 rings (SSSR count). The van der Waals surface area contributed by atoms with Crippen LogP contribution in [0.25, 0.3) is 38.5 Å². The van der Waals surface area contributed by atoms with Crippen molar-refractivity contribution in [2.24, 2.45) is 10.9 Å². The van der Waals surface area contributed by atoms with Gasteiger partial charge >= 0.3 is 0 Å². The van der Waals surface area contributed by atoms with Gasteiger partial charge in [0.05, 0.1) is 36.1 Å². The Bertz CT molecular complexity index is 1370. The van der Waals surface area contributed by atoms with Gasteiger partial charge in [-0.15, -0.1) is 0 Å². The van der Waals surface area contributed by atoms with Crippen LogP contribution < -0.4 is 4.74 Å². The zero-order valence-electron chi connectivity index (χ0n) is 17.2. The summed E-state index contributed by atoms with van der Waals surface area (Å²) in [5, 5.41) is 6.34. The van der Waals surface area contributed by atoms with Gasteiger partial charge in [-0.05, 0) is 44.9 Å². The summed E-state index contributed by atoms with van der Waals surface area (Å²) in [4.78, 5) is 13.1. The number of nitrogens with one attached hydrogen (secondary N) is 1. The van der Waals surface area contributed by atoms with Crippen molar-refractivity contribution in [3.8, 4) is 16.9 Å². The number of hydrogen-bond donors (Lipinski definition) is 1. The zero-order chi connectivity index (χ0) is 20.4. The fourth-order valence-electron chi connectivity index (χ4n) is 4.66. The molecule has 0 spiro atoms. The Morgan fingerprint density at radius 3 is 2.77 bits per heavy atom. The molecule has 0 amide bonds. The van der Waals surface area contributed by atoms with Gasteiger partial charge in [0.15, 0.2) is 0 Å². The Labute approximate surface area is 173 Å². The molecule has 1 aliphatic heterocycles. The van der Waals surface area contributed by atoms with E-state index in [0.717, 1.165) is 62.4 Å². The van der Waals surface area contributed by atoms with Gasteiger partial charge in [0, 0.05) is 45.3 Å². The average molecular weight is 398 g/mol. The van der Waals surface area contributed by atoms with Crippen molar-refractivity contribution < 1.29 is 9.26 Å². The third-order valence-corrected chi connectivity index (χ3v) is 6.18. The minimum Gasteiger partial charge on any atom is -0.496 e. The molecular formula is C24H22N4O2. The van der Waals surface area contributed by atoms with E-state index in [-0.39, 0.29) is 0 Å². The SMILES string of the molecule is COc1cc2c(cc1-c1c(C)noc1C)[nH]c1ccnc(C3=CCN=C3C3CC3)c12. The first kappa shape index (κ1) is 17.4. The van der Waals surface area contributed by atoms with Crippen LogP contribution in [0.1, 0.15) is 30.0 Å². The number of fused-ring (bicyclic) bond motifs is 3. The van der Waals surface area contributed by atoms with E-state index in [9.17, 15) is 0 Å². The number of ether oxygens (including phenoxy) is 1. The number of aromatic amines is 1. The zero-order valence-corrected chi connectivity index (χ0v) is 17.2. The Balaban J connectivity index is 1.61. The number of nitrogens with zero attached hydrogens (tertiary/aromatic N) is 3. The van der Waals surface area contributed by atoms with Gasteiger partial charge in [0.2, 0.25) is 0 Å². The van der Waals surface area contributed by atoms with E-state index in [0.29, 0.717) is 5.92 Å². The Hall–Kier alpha value is -3.41. The summed E-state index contributed by atoms with van der Waals surface area (Å²) < 4.78 is 11.2. The smallest absolute Gasteiger partial charge is 0.141 e. The first-order chi connectivity index (χ1) is 14.7. The maximum Gasteiger partial charge on any atom is 0.141 e. The molecule has 4 heterocycles. The van der Waals surface area contributed by atoms with Crippen LogP contribution in [0.15, 0.2) is 40.0 Å². The largest absolute Gasteiger partial charge is 0.496 e. The van der Waals surface area contributed by atoms with E-state index in [1.165, 1.54) is 24.1 Å². The minimum atomic E-state index is 0.599. The molecule has 30 heavy (non-hydrogen) atoms. The molecule has 1 aromatic carbocycles. The summed E-state index contributed by atoms with van der Waals surface area (Å²) in [6, 6.07) is 6.26. The number of rotatable bonds is 4. The number of hydrogen-bond acceptors (Lipinski definition) is 5. The summed E-state index contributed by atoms with van der Waals surface area (Å²) in [6.07, 6.45) is 6.55. The lowest BCUT2D eigenvalue weighted by molar-refractivity contribution is 0.393. The molecule has 1 N–H and O–H groups in total. The molecule has 0 atom stereocenters. The van der Waals surface area contributed by atoms with Gasteiger partial charge in [-0.3, -0.25) is 9.98 Å². The predicted molar refractivity (Wildman–Crippen MR) is 118 cm³/mol. The van der Waals surface area contributed by atoms with E-state index < -0.39 is 0 Å². The monoisotopic (exact) mass is 398 g/mol. The lowest BCUT2D eigenvalue weighted by atomic mass is 9.97. The molecule has 0 unspecified atom stereocenters. The second-order valence-corrected chi connectivity index (χ2v) is 8.12. The van der Waals surface area contributed by atoms with Crippen molar-refractivity contribution in [2.45, 2.75) is 26.7 Å². The molecule has 0 saturated heterocycles. The van der Waals surface area contributed by atoms with Gasteiger partial charge in [-0.1, -0.05) is 11.2 Å². The van der Waals surface area contributed by atoms with Crippen molar-refractivity contribution in [3.63, 3.8) is 0 Å². The number of aromatic nitrogens is 3. The van der Waals surface area contributed by atoms with E-state index in [2.05, 4.69) is 28.3 Å². The Morgan fingerprint density at radius 2 is 2.03 bits per heavy atom. The summed E-state index contributed by atoms with van der Waals surface area (Å²) in [6.45, 7) is 4.63. The molecular weight excluding hydrogens is 376 g/mol. The summed E-state index contributed by atoms with van der Waals surface area (Å²) in [5.74, 6) is 2.18. The standard InChI is InChI=1S/C24H22N4O2/c1-12-21(13(2)30-28-12)17-10-19-16(11-20(17)29-3)22-18(27-19)7-9-26-24(22)15-6-8-25-23(15)14-4-5-14/h6-7,9-11,14,27H,4-5,8H2,1-3H3. The lowest BCUT2D eigenvalue weighted by Gasteiger charge is -2.10. The maximum atomic E-state index is 5.80. The fourth-order valence-corrected chi connectivity index (χ4v) is 4.66. The van der Waals surface area contributed by atoms with Crippen LogP contribution in [-0.4, -0.2) is 34.5 Å². The van der Waals surface area contributed by atoms with E-state index in [1.807, 2.05) is 26.1 Å². The van der Waals surface area contributed by atoms with Crippen LogP contribution in [0.2, 0.25) is 0 Å². The van der Waals surface area contributed by atoms with Crippen molar-refractivity contribution >= 4 is 33.1 Å². The third kappa shape index (κ3) is 2.46. The topological polar surface area (TPSA) is 76.3 Å². The number of aryl methyl sites for hydroxylation is 2. The molecule has 6 nitrogen and oxygen atoms in total. The second kappa shape index (κ2) is 6.29. The van der Waals surface area contributed by atoms with Gasteiger partial charge < -0.3 is 14.2 Å². The van der Waals surface area contributed by atoms with Crippen molar-refractivity contribution in [3.05, 3.63) is 47.6 Å². The quantitative estimate of drug-likeness (QED) is 0.510. The number of methoxy groups -OCH3 is 1. The molecule has 0 bridgehead atoms. The number of benzene rings is 1. The molecule has 150 valence electrons. The van der Waals surface area contributed by atoms with Gasteiger partial charge in [0.25, 0.3) is 0 Å². The molecule has 2 aliphatic rings. The molecule has 1 fully saturated rings. The number of pyridine rings is 1.